The Morgan fingerprint density at radius 1 is 1.32 bits per heavy atom. The lowest BCUT2D eigenvalue weighted by molar-refractivity contribution is -0.275. The van der Waals surface area contributed by atoms with Crippen molar-refractivity contribution < 1.29 is 40.8 Å². The van der Waals surface area contributed by atoms with Gasteiger partial charge in [0.15, 0.2) is 11.6 Å². The van der Waals surface area contributed by atoms with Crippen LogP contribution in [0.25, 0.3) is 0 Å². The van der Waals surface area contributed by atoms with Crippen LogP contribution in [0, 0.1) is 5.82 Å². The van der Waals surface area contributed by atoms with Gasteiger partial charge in [-0.3, -0.25) is 4.72 Å². The van der Waals surface area contributed by atoms with E-state index in [0.29, 0.717) is 12.1 Å². The second kappa shape index (κ2) is 6.71. The fourth-order valence-corrected chi connectivity index (χ4v) is 2.65. The molecule has 0 aliphatic heterocycles. The van der Waals surface area contributed by atoms with Crippen molar-refractivity contribution in [2.45, 2.75) is 19.7 Å². The van der Waals surface area contributed by atoms with Gasteiger partial charge in [-0.1, -0.05) is 6.92 Å². The minimum absolute atomic E-state index is 0.186. The molecule has 0 saturated carbocycles. The van der Waals surface area contributed by atoms with Crippen LogP contribution in [-0.4, -0.2) is 37.7 Å². The zero-order valence-electron chi connectivity index (χ0n) is 11.2. The molecule has 1 rings (SSSR count). The Morgan fingerprint density at radius 3 is 2.36 bits per heavy atom. The smallest absolute Gasteiger partial charge is 0.423 e. The molecule has 22 heavy (non-hydrogen) atoms. The number of alkyl halides is 3. The number of sulfonamides is 1. The highest BCUT2D eigenvalue weighted by Crippen LogP contribution is 2.29. The predicted octanol–water partition coefficient (Wildman–Crippen LogP) is 0.556. The summed E-state index contributed by atoms with van der Waals surface area (Å²) >= 11 is 0. The summed E-state index contributed by atoms with van der Waals surface area (Å²) in [6.07, 6.45) is -5.05. The molecule has 3 N–H and O–H groups in total. The van der Waals surface area contributed by atoms with Crippen molar-refractivity contribution in [2.24, 2.45) is 0 Å². The molecule has 0 unspecified atom stereocenters. The molecule has 0 atom stereocenters. The standard InChI is InChI=1S/C10H12BF4NO5S/c1-2-3-22(19,20)16-7-4-6(11(17)18)5-8(9(7)12)21-10(13,14)15/h4-5,16-18H,2-3H2,1H3. The van der Waals surface area contributed by atoms with Gasteiger partial charge in [0.25, 0.3) is 0 Å². The van der Waals surface area contributed by atoms with E-state index in [9.17, 15) is 26.0 Å². The molecule has 0 bridgehead atoms. The van der Waals surface area contributed by atoms with E-state index in [1.54, 1.807) is 4.72 Å². The lowest BCUT2D eigenvalue weighted by Gasteiger charge is -2.15. The van der Waals surface area contributed by atoms with Gasteiger partial charge in [-0.05, 0) is 24.0 Å². The Morgan fingerprint density at radius 2 is 1.91 bits per heavy atom. The van der Waals surface area contributed by atoms with Gasteiger partial charge in [0, 0.05) is 0 Å². The topological polar surface area (TPSA) is 95.9 Å². The fraction of sp³-hybridized carbons (Fsp3) is 0.400. The quantitative estimate of drug-likeness (QED) is 0.517. The van der Waals surface area contributed by atoms with Gasteiger partial charge in [-0.25, -0.2) is 12.8 Å². The molecule has 0 aliphatic carbocycles. The third-order valence-corrected chi connectivity index (χ3v) is 3.80. The monoisotopic (exact) mass is 345 g/mol. The SMILES string of the molecule is CCCS(=O)(=O)Nc1cc(B(O)O)cc(OC(F)(F)F)c1F. The maximum Gasteiger partial charge on any atom is 0.573 e. The zero-order valence-corrected chi connectivity index (χ0v) is 12.0. The average Bonchev–Trinajstić information content (AvgIpc) is 2.31. The summed E-state index contributed by atoms with van der Waals surface area (Å²) in [6, 6.07) is 1.07. The first kappa shape index (κ1) is 18.5. The number of anilines is 1. The van der Waals surface area contributed by atoms with Crippen molar-refractivity contribution in [3.05, 3.63) is 17.9 Å². The Kier molecular flexibility index (Phi) is 5.65. The summed E-state index contributed by atoms with van der Waals surface area (Å²) in [6.45, 7) is 1.53. The van der Waals surface area contributed by atoms with E-state index in [2.05, 4.69) is 4.74 Å². The molecule has 0 amide bonds. The van der Waals surface area contributed by atoms with Crippen molar-refractivity contribution in [1.29, 1.82) is 0 Å². The van der Waals surface area contributed by atoms with Crippen LogP contribution in [0.2, 0.25) is 0 Å². The van der Waals surface area contributed by atoms with E-state index in [4.69, 9.17) is 10.0 Å². The number of rotatable bonds is 6. The van der Waals surface area contributed by atoms with Gasteiger partial charge < -0.3 is 14.8 Å². The van der Waals surface area contributed by atoms with Crippen LogP contribution in [0.3, 0.4) is 0 Å². The van der Waals surface area contributed by atoms with Crippen molar-refractivity contribution >= 4 is 28.3 Å². The van der Waals surface area contributed by atoms with E-state index >= 15 is 0 Å². The highest BCUT2D eigenvalue weighted by Gasteiger charge is 2.34. The van der Waals surface area contributed by atoms with E-state index in [1.807, 2.05) is 0 Å². The van der Waals surface area contributed by atoms with E-state index in [1.165, 1.54) is 6.92 Å². The molecule has 0 heterocycles. The number of nitrogens with one attached hydrogen (secondary N) is 1. The summed E-state index contributed by atoms with van der Waals surface area (Å²) in [5.41, 5.74) is -1.45. The molecule has 0 aliphatic rings. The second-order valence-corrected chi connectivity index (χ2v) is 6.06. The van der Waals surface area contributed by atoms with Crippen LogP contribution in [0.4, 0.5) is 23.2 Å². The first-order valence-corrected chi connectivity index (χ1v) is 7.56. The van der Waals surface area contributed by atoms with E-state index < -0.39 is 52.0 Å². The molecule has 0 saturated heterocycles. The van der Waals surface area contributed by atoms with E-state index in [0.717, 1.165) is 0 Å². The van der Waals surface area contributed by atoms with Crippen LogP contribution in [0.5, 0.6) is 5.75 Å². The molecule has 12 heteroatoms. The summed E-state index contributed by atoms with van der Waals surface area (Å²) in [7, 11) is -6.24. The Labute approximate surface area is 123 Å². The number of ether oxygens (including phenoxy) is 1. The van der Waals surface area contributed by atoms with Crippen molar-refractivity contribution in [3.8, 4) is 5.75 Å². The molecule has 0 fully saturated rings. The predicted molar refractivity (Wildman–Crippen MR) is 70.6 cm³/mol. The highest BCUT2D eigenvalue weighted by molar-refractivity contribution is 7.92. The van der Waals surface area contributed by atoms with Crippen molar-refractivity contribution in [2.75, 3.05) is 10.5 Å². The molecule has 124 valence electrons. The number of hydrogen-bond acceptors (Lipinski definition) is 5. The summed E-state index contributed by atoms with van der Waals surface area (Å²) < 4.78 is 78.7. The van der Waals surface area contributed by atoms with Crippen LogP contribution in [0.1, 0.15) is 13.3 Å². The molecular formula is C10H12BF4NO5S. The first-order chi connectivity index (χ1) is 9.95. The van der Waals surface area contributed by atoms with Crippen LogP contribution in [0.15, 0.2) is 12.1 Å². The molecule has 6 nitrogen and oxygen atoms in total. The van der Waals surface area contributed by atoms with Crippen molar-refractivity contribution in [1.82, 2.24) is 0 Å². The molecule has 0 spiro atoms. The number of benzene rings is 1. The molecular weight excluding hydrogens is 333 g/mol. The second-order valence-electron chi connectivity index (χ2n) is 4.22. The van der Waals surface area contributed by atoms with Gasteiger partial charge >= 0.3 is 13.5 Å². The normalized spacial score (nSPS) is 12.1. The van der Waals surface area contributed by atoms with Crippen molar-refractivity contribution in [3.63, 3.8) is 0 Å². The summed E-state index contributed by atoms with van der Waals surface area (Å²) in [4.78, 5) is 0. The Bertz CT molecular complexity index is 635. The number of hydrogen-bond donors (Lipinski definition) is 3. The number of halogens is 4. The molecule has 0 radical (unpaired) electrons. The van der Waals surface area contributed by atoms with Gasteiger partial charge in [0.1, 0.15) is 0 Å². The van der Waals surface area contributed by atoms with Gasteiger partial charge in [0.2, 0.25) is 10.0 Å². The van der Waals surface area contributed by atoms with Crippen LogP contribution >= 0.6 is 0 Å². The lowest BCUT2D eigenvalue weighted by atomic mass is 9.80. The average molecular weight is 345 g/mol. The summed E-state index contributed by atoms with van der Waals surface area (Å²) in [5, 5.41) is 18.0. The Balaban J connectivity index is 3.32. The maximum atomic E-state index is 13.9. The molecule has 1 aromatic carbocycles. The zero-order chi connectivity index (χ0) is 17.1. The van der Waals surface area contributed by atoms with Gasteiger partial charge in [-0.2, -0.15) is 0 Å². The minimum Gasteiger partial charge on any atom is -0.423 e. The maximum absolute atomic E-state index is 13.9. The van der Waals surface area contributed by atoms with Gasteiger partial charge in [0.05, 0.1) is 11.4 Å². The van der Waals surface area contributed by atoms with Gasteiger partial charge in [-0.15, -0.1) is 13.2 Å². The van der Waals surface area contributed by atoms with E-state index in [-0.39, 0.29) is 6.42 Å². The summed E-state index contributed by atoms with van der Waals surface area (Å²) in [5.74, 6) is -3.40. The third kappa shape index (κ3) is 5.35. The Hall–Kier alpha value is -1.53. The third-order valence-electron chi connectivity index (χ3n) is 2.32. The first-order valence-electron chi connectivity index (χ1n) is 5.91. The van der Waals surface area contributed by atoms with Crippen LogP contribution < -0.4 is 14.9 Å². The largest absolute Gasteiger partial charge is 0.573 e. The highest BCUT2D eigenvalue weighted by atomic mass is 32.2. The fourth-order valence-electron chi connectivity index (χ4n) is 1.53. The van der Waals surface area contributed by atoms with Crippen LogP contribution in [-0.2, 0) is 10.0 Å². The minimum atomic E-state index is -5.24. The lowest BCUT2D eigenvalue weighted by Crippen LogP contribution is -2.32. The molecule has 1 aromatic rings. The molecule has 0 aromatic heterocycles.